The van der Waals surface area contributed by atoms with E-state index in [4.69, 9.17) is 0 Å². The molecular formula is C25H42N4+2. The molecule has 4 nitrogen and oxygen atoms in total. The van der Waals surface area contributed by atoms with Crippen molar-refractivity contribution in [2.24, 2.45) is 20.8 Å². The molecule has 29 heavy (non-hydrogen) atoms. The molecule has 2 rings (SSSR count). The Morgan fingerprint density at radius 1 is 0.724 bits per heavy atom. The van der Waals surface area contributed by atoms with Crippen molar-refractivity contribution in [2.75, 3.05) is 28.2 Å². The van der Waals surface area contributed by atoms with Gasteiger partial charge in [0.15, 0.2) is 11.4 Å². The lowest BCUT2D eigenvalue weighted by Crippen LogP contribution is -2.22. The van der Waals surface area contributed by atoms with Crippen LogP contribution in [0, 0.1) is 10.8 Å². The monoisotopic (exact) mass is 398 g/mol. The zero-order valence-electron chi connectivity index (χ0n) is 19.6. The number of allylic oxidation sites excluding steroid dienone is 2. The van der Waals surface area contributed by atoms with Gasteiger partial charge in [-0.3, -0.25) is 9.98 Å². The Morgan fingerprint density at radius 3 is 1.45 bits per heavy atom. The minimum Gasteiger partial charge on any atom is -0.269 e. The molecule has 2 atom stereocenters. The highest BCUT2D eigenvalue weighted by Crippen LogP contribution is 2.32. The van der Waals surface area contributed by atoms with Crippen LogP contribution in [-0.4, -0.2) is 61.2 Å². The van der Waals surface area contributed by atoms with Gasteiger partial charge in [0.1, 0.15) is 28.2 Å². The second kappa shape index (κ2) is 10.8. The van der Waals surface area contributed by atoms with Crippen molar-refractivity contribution < 1.29 is 9.15 Å². The molecule has 2 aliphatic rings. The summed E-state index contributed by atoms with van der Waals surface area (Å²) in [6.45, 7) is 4.70. The minimum absolute atomic E-state index is 0.260. The SMILES string of the molecule is C[N+](C)=C(CCCC(CCC1(C)C=CN=CC1)=[N+](C)C)CCC1(C)C=CN=CC1. The van der Waals surface area contributed by atoms with E-state index in [9.17, 15) is 0 Å². The van der Waals surface area contributed by atoms with Crippen LogP contribution in [0.3, 0.4) is 0 Å². The second-order valence-corrected chi connectivity index (χ2v) is 9.79. The molecule has 2 heterocycles. The average Bonchev–Trinajstić information content (AvgIpc) is 2.67. The summed E-state index contributed by atoms with van der Waals surface area (Å²) in [5.41, 5.74) is 3.66. The molecule has 2 aliphatic heterocycles. The number of hydrogen-bond acceptors (Lipinski definition) is 2. The molecule has 4 heteroatoms. The summed E-state index contributed by atoms with van der Waals surface area (Å²) in [5, 5.41) is 0. The largest absolute Gasteiger partial charge is 0.269 e. The van der Waals surface area contributed by atoms with Crippen LogP contribution >= 0.6 is 0 Å². The standard InChI is InChI=1S/C25H42N4/c1-24(14-18-26-19-15-24)12-10-22(28(3)4)8-7-9-23(29(5)6)11-13-25(2)16-20-27-21-17-25/h14,16,18-21H,7-13,15,17H2,1-6H3/q+2. The van der Waals surface area contributed by atoms with Gasteiger partial charge in [-0.15, -0.1) is 0 Å². The van der Waals surface area contributed by atoms with Crippen molar-refractivity contribution >= 4 is 23.9 Å². The fraction of sp³-hybridized carbons (Fsp3) is 0.680. The van der Waals surface area contributed by atoms with Crippen molar-refractivity contribution in [1.82, 2.24) is 0 Å². The molecule has 0 N–H and O–H groups in total. The van der Waals surface area contributed by atoms with Crippen LogP contribution in [0.1, 0.15) is 71.6 Å². The zero-order valence-corrected chi connectivity index (χ0v) is 19.6. The van der Waals surface area contributed by atoms with Gasteiger partial charge in [-0.2, -0.15) is 0 Å². The van der Waals surface area contributed by atoms with Crippen LogP contribution in [0.25, 0.3) is 0 Å². The van der Waals surface area contributed by atoms with Gasteiger partial charge in [-0.25, -0.2) is 9.15 Å². The highest BCUT2D eigenvalue weighted by Gasteiger charge is 2.25. The van der Waals surface area contributed by atoms with E-state index in [1.165, 1.54) is 44.9 Å². The lowest BCUT2D eigenvalue weighted by Gasteiger charge is -2.25. The van der Waals surface area contributed by atoms with E-state index in [0.29, 0.717) is 0 Å². The quantitative estimate of drug-likeness (QED) is 0.361. The van der Waals surface area contributed by atoms with Crippen molar-refractivity contribution in [3.63, 3.8) is 0 Å². The maximum Gasteiger partial charge on any atom is 0.151 e. The maximum atomic E-state index is 4.23. The Kier molecular flexibility index (Phi) is 8.73. The molecule has 0 bridgehead atoms. The molecular weight excluding hydrogens is 356 g/mol. The second-order valence-electron chi connectivity index (χ2n) is 9.79. The van der Waals surface area contributed by atoms with E-state index in [0.717, 1.165) is 12.8 Å². The Morgan fingerprint density at radius 2 is 1.14 bits per heavy atom. The molecule has 0 fully saturated rings. The molecule has 0 aromatic carbocycles. The summed E-state index contributed by atoms with van der Waals surface area (Å²) in [5.74, 6) is 0. The van der Waals surface area contributed by atoms with Gasteiger partial charge in [0.25, 0.3) is 0 Å². The number of aliphatic imine (C=N–C) groups is 2. The fourth-order valence-corrected chi connectivity index (χ4v) is 4.10. The van der Waals surface area contributed by atoms with Crippen molar-refractivity contribution in [1.29, 1.82) is 0 Å². The van der Waals surface area contributed by atoms with E-state index in [1.54, 1.807) is 11.4 Å². The lowest BCUT2D eigenvalue weighted by atomic mass is 9.80. The van der Waals surface area contributed by atoms with E-state index in [1.807, 2.05) is 12.4 Å². The third kappa shape index (κ3) is 7.83. The average molecular weight is 399 g/mol. The van der Waals surface area contributed by atoms with Gasteiger partial charge in [0, 0.05) is 50.5 Å². The number of nitrogens with zero attached hydrogens (tertiary/aromatic N) is 4. The summed E-state index contributed by atoms with van der Waals surface area (Å²) >= 11 is 0. The lowest BCUT2D eigenvalue weighted by molar-refractivity contribution is -0.468. The molecule has 0 aliphatic carbocycles. The van der Waals surface area contributed by atoms with Gasteiger partial charge >= 0.3 is 0 Å². The highest BCUT2D eigenvalue weighted by molar-refractivity contribution is 5.82. The number of rotatable bonds is 10. The molecule has 0 saturated heterocycles. The zero-order chi connectivity index (χ0) is 21.3. The topological polar surface area (TPSA) is 30.7 Å². The van der Waals surface area contributed by atoms with Crippen LogP contribution in [0.5, 0.6) is 0 Å². The first-order valence-corrected chi connectivity index (χ1v) is 11.2. The summed E-state index contributed by atoms with van der Waals surface area (Å²) < 4.78 is 4.68. The first kappa shape index (κ1) is 23.4. The predicted molar refractivity (Wildman–Crippen MR) is 127 cm³/mol. The predicted octanol–water partition coefficient (Wildman–Crippen LogP) is 5.13. The summed E-state index contributed by atoms with van der Waals surface area (Å²) in [6, 6.07) is 0. The first-order chi connectivity index (χ1) is 13.7. The Hall–Kier alpha value is -1.84. The molecule has 0 spiro atoms. The minimum atomic E-state index is 0.260. The molecule has 0 amide bonds. The van der Waals surface area contributed by atoms with Crippen LogP contribution in [-0.2, 0) is 0 Å². The van der Waals surface area contributed by atoms with Crippen LogP contribution < -0.4 is 0 Å². The summed E-state index contributed by atoms with van der Waals surface area (Å²) in [7, 11) is 8.79. The van der Waals surface area contributed by atoms with E-state index in [-0.39, 0.29) is 10.8 Å². The molecule has 0 aromatic rings. The Balaban J connectivity index is 1.83. The Bertz CT molecular complexity index is 668. The van der Waals surface area contributed by atoms with E-state index < -0.39 is 0 Å². The molecule has 160 valence electrons. The van der Waals surface area contributed by atoms with E-state index >= 15 is 0 Å². The third-order valence-electron chi connectivity index (χ3n) is 6.62. The van der Waals surface area contributed by atoms with Gasteiger partial charge in [0.05, 0.1) is 0 Å². The first-order valence-electron chi connectivity index (χ1n) is 11.2. The van der Waals surface area contributed by atoms with Crippen molar-refractivity contribution in [3.8, 4) is 0 Å². The molecule has 0 radical (unpaired) electrons. The van der Waals surface area contributed by atoms with Gasteiger partial charge < -0.3 is 0 Å². The summed E-state index contributed by atoms with van der Waals surface area (Å²) in [6.07, 6.45) is 23.0. The normalized spacial score (nSPS) is 25.3. The fourth-order valence-electron chi connectivity index (χ4n) is 4.10. The van der Waals surface area contributed by atoms with Crippen LogP contribution in [0.15, 0.2) is 34.5 Å². The number of hydrogen-bond donors (Lipinski definition) is 0. The molecule has 0 saturated carbocycles. The van der Waals surface area contributed by atoms with Gasteiger partial charge in [-0.05, 0) is 42.9 Å². The van der Waals surface area contributed by atoms with E-state index in [2.05, 4.69) is 85.8 Å². The molecule has 0 aromatic heterocycles. The van der Waals surface area contributed by atoms with Crippen LogP contribution in [0.2, 0.25) is 0 Å². The van der Waals surface area contributed by atoms with Crippen molar-refractivity contribution in [2.45, 2.75) is 71.6 Å². The highest BCUT2D eigenvalue weighted by atomic mass is 14.9. The third-order valence-corrected chi connectivity index (χ3v) is 6.62. The Labute approximate surface area is 178 Å². The smallest absolute Gasteiger partial charge is 0.151 e. The summed E-state index contributed by atoms with van der Waals surface area (Å²) in [4.78, 5) is 8.47. The van der Waals surface area contributed by atoms with Crippen molar-refractivity contribution in [3.05, 3.63) is 24.6 Å². The molecule has 2 unspecified atom stereocenters. The van der Waals surface area contributed by atoms with Crippen LogP contribution in [0.4, 0.5) is 0 Å². The maximum absolute atomic E-state index is 4.23. The van der Waals surface area contributed by atoms with Gasteiger partial charge in [0.2, 0.25) is 0 Å². The van der Waals surface area contributed by atoms with Gasteiger partial charge in [-0.1, -0.05) is 26.0 Å².